The first-order valence-corrected chi connectivity index (χ1v) is 7.64. The molecule has 0 saturated heterocycles. The maximum absolute atomic E-state index is 12.1. The van der Waals surface area contributed by atoms with Crippen LogP contribution >= 0.6 is 0 Å². The van der Waals surface area contributed by atoms with Gasteiger partial charge in [-0.2, -0.15) is 5.10 Å². The van der Waals surface area contributed by atoms with Crippen LogP contribution in [0.5, 0.6) is 0 Å². The fourth-order valence-corrected chi connectivity index (χ4v) is 3.06. The van der Waals surface area contributed by atoms with Gasteiger partial charge in [-0.3, -0.25) is 5.10 Å². The molecule has 0 aliphatic heterocycles. The van der Waals surface area contributed by atoms with Crippen molar-refractivity contribution in [1.82, 2.24) is 19.9 Å². The van der Waals surface area contributed by atoms with Crippen LogP contribution in [0.4, 0.5) is 0 Å². The number of aromatic amines is 1. The lowest BCUT2D eigenvalue weighted by Crippen LogP contribution is -2.25. The number of sulfonamides is 1. The largest absolute Gasteiger partial charge is 0.464 e. The lowest BCUT2D eigenvalue weighted by Gasteiger charge is -2.04. The van der Waals surface area contributed by atoms with Crippen LogP contribution in [0.3, 0.4) is 0 Å². The molecule has 0 aromatic carbocycles. The zero-order valence-electron chi connectivity index (χ0n) is 11.1. The topological polar surface area (TPSA) is 127 Å². The molecule has 0 aliphatic carbocycles. The molecule has 20 heavy (non-hydrogen) atoms. The van der Waals surface area contributed by atoms with Gasteiger partial charge in [0.1, 0.15) is 28.6 Å². The smallest absolute Gasteiger partial charge is 0.244 e. The van der Waals surface area contributed by atoms with Gasteiger partial charge in [0.15, 0.2) is 0 Å². The molecule has 4 N–H and O–H groups in total. The molecule has 0 bridgehead atoms. The van der Waals surface area contributed by atoms with Gasteiger partial charge in [-0.15, -0.1) is 0 Å². The minimum absolute atomic E-state index is 0.137. The Morgan fingerprint density at radius 3 is 2.90 bits per heavy atom. The summed E-state index contributed by atoms with van der Waals surface area (Å²) in [5, 5.41) is 6.44. The molecule has 0 spiro atoms. The molecule has 0 atom stereocenters. The van der Waals surface area contributed by atoms with Crippen LogP contribution in [0.1, 0.15) is 23.8 Å². The van der Waals surface area contributed by atoms with Crippen molar-refractivity contribution in [3.05, 3.63) is 29.7 Å². The fraction of sp³-hybridized carbons (Fsp3) is 0.455. The maximum Gasteiger partial charge on any atom is 0.244 e. The number of aromatic nitrogens is 3. The van der Waals surface area contributed by atoms with Crippen LogP contribution in [0.25, 0.3) is 0 Å². The molecule has 110 valence electrons. The number of H-pyrrole nitrogens is 1. The standard InChI is InChI=1S/C11H17N5O3S/c1-8-10(5-9(6-12)19-8)20(17,18)15-4-2-3-11-13-7-14-16-11/h5,7,15H,2-4,6,12H2,1H3,(H,13,14,16). The highest BCUT2D eigenvalue weighted by Gasteiger charge is 2.20. The molecular weight excluding hydrogens is 282 g/mol. The Morgan fingerprint density at radius 1 is 1.50 bits per heavy atom. The van der Waals surface area contributed by atoms with Gasteiger partial charge in [0.25, 0.3) is 0 Å². The quantitative estimate of drug-likeness (QED) is 0.621. The SMILES string of the molecule is Cc1oc(CN)cc1S(=O)(=O)NCCCc1ncn[nH]1. The summed E-state index contributed by atoms with van der Waals surface area (Å²) in [6.07, 6.45) is 2.67. The van der Waals surface area contributed by atoms with Crippen molar-refractivity contribution in [1.29, 1.82) is 0 Å². The van der Waals surface area contributed by atoms with E-state index in [-0.39, 0.29) is 11.4 Å². The first-order chi connectivity index (χ1) is 9.53. The number of hydrogen-bond acceptors (Lipinski definition) is 6. The third-order valence-electron chi connectivity index (χ3n) is 2.76. The van der Waals surface area contributed by atoms with E-state index in [9.17, 15) is 8.42 Å². The van der Waals surface area contributed by atoms with E-state index in [1.54, 1.807) is 6.92 Å². The lowest BCUT2D eigenvalue weighted by molar-refractivity contribution is 0.478. The van der Waals surface area contributed by atoms with Crippen molar-refractivity contribution >= 4 is 10.0 Å². The normalized spacial score (nSPS) is 11.9. The Morgan fingerprint density at radius 2 is 2.30 bits per heavy atom. The Kier molecular flexibility index (Phi) is 4.53. The van der Waals surface area contributed by atoms with Crippen molar-refractivity contribution in [3.8, 4) is 0 Å². The monoisotopic (exact) mass is 299 g/mol. The summed E-state index contributed by atoms with van der Waals surface area (Å²) in [7, 11) is -3.57. The highest BCUT2D eigenvalue weighted by molar-refractivity contribution is 7.89. The Hall–Kier alpha value is -1.71. The Bertz CT molecular complexity index is 648. The van der Waals surface area contributed by atoms with Crippen LogP contribution in [0.2, 0.25) is 0 Å². The van der Waals surface area contributed by atoms with Crippen molar-refractivity contribution in [2.45, 2.75) is 31.2 Å². The summed E-state index contributed by atoms with van der Waals surface area (Å²) in [5.74, 6) is 1.52. The molecule has 2 rings (SSSR count). The van der Waals surface area contributed by atoms with Gasteiger partial charge in [-0.05, 0) is 13.3 Å². The molecule has 2 aromatic rings. The highest BCUT2D eigenvalue weighted by atomic mass is 32.2. The van der Waals surface area contributed by atoms with E-state index in [4.69, 9.17) is 10.2 Å². The van der Waals surface area contributed by atoms with E-state index < -0.39 is 10.0 Å². The fourth-order valence-electron chi connectivity index (χ4n) is 1.78. The second kappa shape index (κ2) is 6.16. The van der Waals surface area contributed by atoms with Gasteiger partial charge < -0.3 is 10.2 Å². The third kappa shape index (κ3) is 3.44. The number of rotatable bonds is 7. The molecule has 0 saturated carbocycles. The average Bonchev–Trinajstić information content (AvgIpc) is 3.04. The summed E-state index contributed by atoms with van der Waals surface area (Å²) >= 11 is 0. The average molecular weight is 299 g/mol. The maximum atomic E-state index is 12.1. The number of nitrogens with two attached hydrogens (primary N) is 1. The van der Waals surface area contributed by atoms with Gasteiger partial charge in [0, 0.05) is 19.0 Å². The molecule has 0 aliphatic rings. The van der Waals surface area contributed by atoms with Crippen molar-refractivity contribution in [2.24, 2.45) is 5.73 Å². The Balaban J connectivity index is 1.91. The van der Waals surface area contributed by atoms with Gasteiger partial charge in [-0.25, -0.2) is 18.1 Å². The predicted molar refractivity (Wildman–Crippen MR) is 71.2 cm³/mol. The van der Waals surface area contributed by atoms with E-state index in [0.29, 0.717) is 30.9 Å². The van der Waals surface area contributed by atoms with E-state index in [1.807, 2.05) is 0 Å². The summed E-state index contributed by atoms with van der Waals surface area (Å²) in [4.78, 5) is 4.10. The molecule has 0 radical (unpaired) electrons. The molecule has 0 unspecified atom stereocenters. The Labute approximate surface area is 116 Å². The number of furan rings is 1. The number of nitrogens with zero attached hydrogens (tertiary/aromatic N) is 2. The summed E-state index contributed by atoms with van der Waals surface area (Å²) in [5.41, 5.74) is 5.43. The van der Waals surface area contributed by atoms with Crippen LogP contribution in [0.15, 0.2) is 21.7 Å². The van der Waals surface area contributed by atoms with Crippen LogP contribution in [-0.2, 0) is 23.0 Å². The van der Waals surface area contributed by atoms with Gasteiger partial charge in [-0.1, -0.05) is 0 Å². The molecule has 9 heteroatoms. The van der Waals surface area contributed by atoms with Crippen LogP contribution in [0, 0.1) is 6.92 Å². The molecule has 8 nitrogen and oxygen atoms in total. The molecule has 0 amide bonds. The van der Waals surface area contributed by atoms with E-state index in [2.05, 4.69) is 19.9 Å². The van der Waals surface area contributed by atoms with Crippen LogP contribution in [-0.4, -0.2) is 30.1 Å². The lowest BCUT2D eigenvalue weighted by atomic mass is 10.3. The zero-order chi connectivity index (χ0) is 14.6. The number of hydrogen-bond donors (Lipinski definition) is 3. The predicted octanol–water partition coefficient (Wildman–Crippen LogP) is 0.0759. The van der Waals surface area contributed by atoms with E-state index in [1.165, 1.54) is 12.4 Å². The third-order valence-corrected chi connectivity index (χ3v) is 4.33. The second-order valence-electron chi connectivity index (χ2n) is 4.27. The van der Waals surface area contributed by atoms with Gasteiger partial charge in [0.2, 0.25) is 10.0 Å². The summed E-state index contributed by atoms with van der Waals surface area (Å²) in [6, 6.07) is 1.45. The first kappa shape index (κ1) is 14.7. The molecule has 2 heterocycles. The second-order valence-corrected chi connectivity index (χ2v) is 6.01. The van der Waals surface area contributed by atoms with Crippen molar-refractivity contribution in [2.75, 3.05) is 6.54 Å². The minimum atomic E-state index is -3.57. The van der Waals surface area contributed by atoms with E-state index >= 15 is 0 Å². The zero-order valence-corrected chi connectivity index (χ0v) is 11.9. The first-order valence-electron chi connectivity index (χ1n) is 6.16. The number of aryl methyl sites for hydroxylation is 2. The molecule has 0 fully saturated rings. The highest BCUT2D eigenvalue weighted by Crippen LogP contribution is 2.19. The number of nitrogens with one attached hydrogen (secondary N) is 2. The molecule has 2 aromatic heterocycles. The van der Waals surface area contributed by atoms with Gasteiger partial charge in [0.05, 0.1) is 6.54 Å². The summed E-state index contributed by atoms with van der Waals surface area (Å²) in [6.45, 7) is 2.08. The van der Waals surface area contributed by atoms with E-state index in [0.717, 1.165) is 5.82 Å². The van der Waals surface area contributed by atoms with Gasteiger partial charge >= 0.3 is 0 Å². The summed E-state index contributed by atoms with van der Waals surface area (Å²) < 4.78 is 32.0. The molecular formula is C11H17N5O3S. The minimum Gasteiger partial charge on any atom is -0.464 e. The van der Waals surface area contributed by atoms with Crippen LogP contribution < -0.4 is 10.5 Å². The van der Waals surface area contributed by atoms with Crippen molar-refractivity contribution in [3.63, 3.8) is 0 Å². The van der Waals surface area contributed by atoms with Crippen molar-refractivity contribution < 1.29 is 12.8 Å².